The molecule has 1 aromatic heterocycles. The van der Waals surface area contributed by atoms with E-state index < -0.39 is 5.82 Å². The van der Waals surface area contributed by atoms with Crippen LogP contribution in [0.2, 0.25) is 0 Å². The molecule has 0 unspecified atom stereocenters. The topological polar surface area (TPSA) is 66.5 Å². The molecular formula is C19H19BrFN5. The van der Waals surface area contributed by atoms with Crippen LogP contribution in [0.4, 0.5) is 10.1 Å². The molecule has 3 rings (SSSR count). The lowest BCUT2D eigenvalue weighted by molar-refractivity contribution is 0.327. The van der Waals surface area contributed by atoms with E-state index in [4.69, 9.17) is 5.26 Å². The summed E-state index contributed by atoms with van der Waals surface area (Å²) in [5.41, 5.74) is 3.42. The molecule has 2 aromatic carbocycles. The Morgan fingerprint density at radius 3 is 2.69 bits per heavy atom. The van der Waals surface area contributed by atoms with E-state index in [1.165, 1.54) is 6.07 Å². The zero-order chi connectivity index (χ0) is 18.9. The summed E-state index contributed by atoms with van der Waals surface area (Å²) in [7, 11) is 0. The van der Waals surface area contributed by atoms with E-state index in [1.807, 2.05) is 22.9 Å². The maximum Gasteiger partial charge on any atom is 0.129 e. The minimum Gasteiger partial charge on any atom is -0.380 e. The van der Waals surface area contributed by atoms with Crippen LogP contribution in [0.5, 0.6) is 0 Å². The first-order valence-corrected chi connectivity index (χ1v) is 9.02. The van der Waals surface area contributed by atoms with Gasteiger partial charge in [-0.05, 0) is 45.6 Å². The highest BCUT2D eigenvalue weighted by molar-refractivity contribution is 9.10. The molecule has 0 aliphatic carbocycles. The Balaban J connectivity index is 1.83. The van der Waals surface area contributed by atoms with Crippen molar-refractivity contribution in [3.8, 4) is 6.07 Å². The van der Waals surface area contributed by atoms with Crippen molar-refractivity contribution in [1.82, 2.24) is 15.0 Å². The number of halogens is 2. The maximum absolute atomic E-state index is 14.0. The Hall–Kier alpha value is -2.46. The molecule has 1 heterocycles. The molecule has 0 atom stereocenters. The summed E-state index contributed by atoms with van der Waals surface area (Å²) in [5.74, 6) is -0.398. The molecule has 0 aliphatic rings. The van der Waals surface area contributed by atoms with E-state index in [9.17, 15) is 4.39 Å². The van der Waals surface area contributed by atoms with Gasteiger partial charge in [-0.2, -0.15) is 5.26 Å². The van der Waals surface area contributed by atoms with Gasteiger partial charge in [0.25, 0.3) is 0 Å². The first kappa shape index (κ1) is 18.3. The summed E-state index contributed by atoms with van der Waals surface area (Å²) in [5, 5.41) is 20.6. The molecule has 3 aromatic rings. The van der Waals surface area contributed by atoms with Gasteiger partial charge in [-0.1, -0.05) is 32.1 Å². The highest BCUT2D eigenvalue weighted by Crippen LogP contribution is 2.31. The Bertz CT molecular complexity index is 998. The summed E-state index contributed by atoms with van der Waals surface area (Å²) >= 11 is 3.57. The molecule has 0 radical (unpaired) electrons. The average molecular weight is 416 g/mol. The molecule has 7 heteroatoms. The maximum atomic E-state index is 14.0. The molecule has 0 spiro atoms. The lowest BCUT2D eigenvalue weighted by Crippen LogP contribution is -2.16. The number of aromatic nitrogens is 3. The lowest BCUT2D eigenvalue weighted by atomic mass is 9.97. The minimum atomic E-state index is -0.398. The third-order valence-corrected chi connectivity index (χ3v) is 4.70. The zero-order valence-corrected chi connectivity index (χ0v) is 16.4. The fraction of sp³-hybridized carbons (Fsp3) is 0.316. The Morgan fingerprint density at radius 2 is 2.04 bits per heavy atom. The van der Waals surface area contributed by atoms with Crippen molar-refractivity contribution in [2.24, 2.45) is 5.41 Å². The first-order chi connectivity index (χ1) is 12.3. The van der Waals surface area contributed by atoms with E-state index >= 15 is 0 Å². The fourth-order valence-corrected chi connectivity index (χ4v) is 3.21. The number of hydrogen-bond donors (Lipinski definition) is 1. The highest BCUT2D eigenvalue weighted by atomic mass is 79.9. The Morgan fingerprint density at radius 1 is 1.27 bits per heavy atom. The molecule has 134 valence electrons. The molecule has 1 N–H and O–H groups in total. The van der Waals surface area contributed by atoms with Crippen molar-refractivity contribution in [2.45, 2.75) is 33.9 Å². The van der Waals surface area contributed by atoms with Crippen LogP contribution in [0.1, 0.15) is 31.9 Å². The third-order valence-electron chi connectivity index (χ3n) is 3.90. The van der Waals surface area contributed by atoms with E-state index in [0.717, 1.165) is 27.7 Å². The van der Waals surface area contributed by atoms with Gasteiger partial charge >= 0.3 is 0 Å². The molecule has 0 bridgehead atoms. The van der Waals surface area contributed by atoms with Gasteiger partial charge < -0.3 is 5.32 Å². The summed E-state index contributed by atoms with van der Waals surface area (Å²) in [6.45, 7) is 7.52. The standard InChI is InChI=1S/C19H19BrFN5/c1-19(2,3)11-26-16-7-6-15(17(20)18(16)24-25-26)23-10-13-5-4-12(9-22)8-14(13)21/h4-8,23H,10-11H2,1-3H3. The average Bonchev–Trinajstić information content (AvgIpc) is 2.97. The van der Waals surface area contributed by atoms with Gasteiger partial charge in [0.05, 0.1) is 27.3 Å². The van der Waals surface area contributed by atoms with Gasteiger partial charge in [-0.3, -0.25) is 0 Å². The second-order valence-electron chi connectivity index (χ2n) is 7.37. The normalized spacial score (nSPS) is 11.5. The van der Waals surface area contributed by atoms with Crippen molar-refractivity contribution in [2.75, 3.05) is 5.32 Å². The SMILES string of the molecule is CC(C)(C)Cn1nnc2c(Br)c(NCc3ccc(C#N)cc3F)ccc21. The molecule has 26 heavy (non-hydrogen) atoms. The minimum absolute atomic E-state index is 0.0944. The van der Waals surface area contributed by atoms with Gasteiger partial charge in [-0.25, -0.2) is 9.07 Å². The number of nitrogens with zero attached hydrogens (tertiary/aromatic N) is 4. The van der Waals surface area contributed by atoms with Gasteiger partial charge in [0.1, 0.15) is 11.3 Å². The van der Waals surface area contributed by atoms with E-state index in [2.05, 4.69) is 52.3 Å². The number of nitriles is 1. The largest absolute Gasteiger partial charge is 0.380 e. The van der Waals surface area contributed by atoms with Crippen LogP contribution in [0.25, 0.3) is 11.0 Å². The quantitative estimate of drug-likeness (QED) is 0.660. The summed E-state index contributed by atoms with van der Waals surface area (Å²) in [4.78, 5) is 0. The molecule has 0 fully saturated rings. The van der Waals surface area contributed by atoms with Crippen LogP contribution in [0.3, 0.4) is 0 Å². The molecule has 0 aliphatic heterocycles. The van der Waals surface area contributed by atoms with Crippen LogP contribution in [0, 0.1) is 22.6 Å². The third kappa shape index (κ3) is 3.86. The highest BCUT2D eigenvalue weighted by Gasteiger charge is 2.17. The predicted octanol–water partition coefficient (Wildman–Crippen LogP) is 4.86. The van der Waals surface area contributed by atoms with Crippen molar-refractivity contribution in [1.29, 1.82) is 5.26 Å². The van der Waals surface area contributed by atoms with Gasteiger partial charge in [0, 0.05) is 18.7 Å². The van der Waals surface area contributed by atoms with Crippen molar-refractivity contribution in [3.05, 3.63) is 51.7 Å². The monoisotopic (exact) mass is 415 g/mol. The van der Waals surface area contributed by atoms with Crippen LogP contribution >= 0.6 is 15.9 Å². The summed E-state index contributed by atoms with van der Waals surface area (Å²) < 4.78 is 16.7. The second kappa shape index (κ2) is 7.04. The van der Waals surface area contributed by atoms with Crippen LogP contribution in [-0.2, 0) is 13.1 Å². The number of anilines is 1. The molecule has 0 saturated carbocycles. The number of nitrogens with one attached hydrogen (secondary N) is 1. The number of hydrogen-bond acceptors (Lipinski definition) is 4. The second-order valence-corrected chi connectivity index (χ2v) is 8.17. The van der Waals surface area contributed by atoms with Crippen LogP contribution in [-0.4, -0.2) is 15.0 Å². The number of benzene rings is 2. The van der Waals surface area contributed by atoms with Crippen LogP contribution < -0.4 is 5.32 Å². The van der Waals surface area contributed by atoms with Crippen molar-refractivity contribution in [3.63, 3.8) is 0 Å². The van der Waals surface area contributed by atoms with Gasteiger partial charge in [-0.15, -0.1) is 5.10 Å². The lowest BCUT2D eigenvalue weighted by Gasteiger charge is -2.18. The molecule has 0 saturated heterocycles. The fourth-order valence-electron chi connectivity index (χ4n) is 2.66. The number of fused-ring (bicyclic) bond motifs is 1. The molecule has 5 nitrogen and oxygen atoms in total. The molecule has 0 amide bonds. The van der Waals surface area contributed by atoms with Gasteiger partial charge in [0.15, 0.2) is 0 Å². The van der Waals surface area contributed by atoms with Crippen LogP contribution in [0.15, 0.2) is 34.8 Å². The number of rotatable bonds is 4. The smallest absolute Gasteiger partial charge is 0.129 e. The van der Waals surface area contributed by atoms with E-state index in [0.29, 0.717) is 17.7 Å². The molecular weight excluding hydrogens is 397 g/mol. The first-order valence-electron chi connectivity index (χ1n) is 8.22. The predicted molar refractivity (Wildman–Crippen MR) is 103 cm³/mol. The summed E-state index contributed by atoms with van der Waals surface area (Å²) in [6, 6.07) is 10.3. The van der Waals surface area contributed by atoms with Gasteiger partial charge in [0.2, 0.25) is 0 Å². The van der Waals surface area contributed by atoms with E-state index in [-0.39, 0.29) is 5.41 Å². The Labute approximate surface area is 159 Å². The zero-order valence-electron chi connectivity index (χ0n) is 14.8. The van der Waals surface area contributed by atoms with Crippen molar-refractivity contribution >= 4 is 32.7 Å². The summed E-state index contributed by atoms with van der Waals surface area (Å²) in [6.07, 6.45) is 0. The van der Waals surface area contributed by atoms with E-state index in [1.54, 1.807) is 12.1 Å². The Kier molecular flexibility index (Phi) is 4.97. The van der Waals surface area contributed by atoms with Crippen molar-refractivity contribution < 1.29 is 4.39 Å².